The summed E-state index contributed by atoms with van der Waals surface area (Å²) in [5, 5.41) is 7.42. The Morgan fingerprint density at radius 3 is 2.71 bits per heavy atom. The molecule has 2 aromatic rings. The van der Waals surface area contributed by atoms with Gasteiger partial charge in [0.1, 0.15) is 0 Å². The highest BCUT2D eigenvalue weighted by Gasteiger charge is 2.15. The molecule has 0 bridgehead atoms. The number of benzene rings is 2. The van der Waals surface area contributed by atoms with Crippen LogP contribution in [0.4, 0.5) is 11.4 Å². The van der Waals surface area contributed by atoms with E-state index < -0.39 is 0 Å². The quantitative estimate of drug-likeness (QED) is 0.855. The van der Waals surface area contributed by atoms with Gasteiger partial charge in [-0.1, -0.05) is 29.3 Å². The highest BCUT2D eigenvalue weighted by molar-refractivity contribution is 8.00. The first kappa shape index (κ1) is 14.6. The second-order valence-corrected chi connectivity index (χ2v) is 6.43. The first-order valence-electron chi connectivity index (χ1n) is 6.37. The third-order valence-corrected chi connectivity index (χ3v) is 4.93. The Kier molecular flexibility index (Phi) is 4.29. The Labute approximate surface area is 137 Å². The van der Waals surface area contributed by atoms with Gasteiger partial charge in [-0.3, -0.25) is 4.79 Å². The van der Waals surface area contributed by atoms with Crippen molar-refractivity contribution < 1.29 is 4.79 Å². The number of fused-ring (bicyclic) bond motifs is 1. The van der Waals surface area contributed by atoms with Crippen LogP contribution in [0.15, 0.2) is 41.3 Å². The second-order valence-electron chi connectivity index (χ2n) is 4.60. The van der Waals surface area contributed by atoms with Crippen molar-refractivity contribution >= 4 is 52.2 Å². The van der Waals surface area contributed by atoms with Crippen molar-refractivity contribution in [1.82, 2.24) is 0 Å². The van der Waals surface area contributed by atoms with Crippen LogP contribution in [0.2, 0.25) is 10.0 Å². The lowest BCUT2D eigenvalue weighted by atomic mass is 10.2. The maximum Gasteiger partial charge on any atom is 0.234 e. The van der Waals surface area contributed by atoms with Crippen LogP contribution in [0.5, 0.6) is 0 Å². The standard InChI is InChI=1S/C15H12Cl2N2OS/c16-11-2-1-3-12(17)10(11)7-18-9-4-5-14-13(6-9)19-15(20)8-21-14/h1-6,18H,7-8H2,(H,19,20). The van der Waals surface area contributed by atoms with Crippen LogP contribution in [-0.2, 0) is 11.3 Å². The summed E-state index contributed by atoms with van der Waals surface area (Å²) in [5.74, 6) is 0.494. The molecule has 0 aromatic heterocycles. The molecule has 1 amide bonds. The summed E-state index contributed by atoms with van der Waals surface area (Å²) in [6, 6.07) is 11.3. The highest BCUT2D eigenvalue weighted by Crippen LogP contribution is 2.34. The van der Waals surface area contributed by atoms with Gasteiger partial charge in [-0.25, -0.2) is 0 Å². The molecule has 0 fully saturated rings. The summed E-state index contributed by atoms with van der Waals surface area (Å²) in [6.07, 6.45) is 0. The predicted molar refractivity (Wildman–Crippen MR) is 89.6 cm³/mol. The van der Waals surface area contributed by atoms with Gasteiger partial charge in [0.2, 0.25) is 5.91 Å². The Bertz CT molecular complexity index is 686. The molecule has 0 atom stereocenters. The number of nitrogens with one attached hydrogen (secondary N) is 2. The number of carbonyl (C=O) groups is 1. The van der Waals surface area contributed by atoms with Crippen LogP contribution in [0.25, 0.3) is 0 Å². The number of hydrogen-bond donors (Lipinski definition) is 2. The van der Waals surface area contributed by atoms with Crippen LogP contribution < -0.4 is 10.6 Å². The van der Waals surface area contributed by atoms with Gasteiger partial charge >= 0.3 is 0 Å². The van der Waals surface area contributed by atoms with Crippen molar-refractivity contribution in [3.05, 3.63) is 52.0 Å². The van der Waals surface area contributed by atoms with E-state index in [4.69, 9.17) is 23.2 Å². The normalized spacial score (nSPS) is 13.5. The van der Waals surface area contributed by atoms with Gasteiger partial charge in [-0.15, -0.1) is 11.8 Å². The molecule has 0 saturated heterocycles. The van der Waals surface area contributed by atoms with Gasteiger partial charge in [0.25, 0.3) is 0 Å². The van der Waals surface area contributed by atoms with Crippen molar-refractivity contribution in [2.24, 2.45) is 0 Å². The van der Waals surface area contributed by atoms with Gasteiger partial charge in [0.05, 0.1) is 11.4 Å². The average molecular weight is 339 g/mol. The summed E-state index contributed by atoms with van der Waals surface area (Å²) in [4.78, 5) is 12.5. The minimum Gasteiger partial charge on any atom is -0.381 e. The van der Waals surface area contributed by atoms with Crippen molar-refractivity contribution in [1.29, 1.82) is 0 Å². The van der Waals surface area contributed by atoms with E-state index in [2.05, 4.69) is 10.6 Å². The fourth-order valence-corrected chi connectivity index (χ4v) is 3.40. The maximum atomic E-state index is 11.4. The largest absolute Gasteiger partial charge is 0.381 e. The predicted octanol–water partition coefficient (Wildman–Crippen LogP) is 4.65. The zero-order valence-corrected chi connectivity index (χ0v) is 13.3. The fraction of sp³-hybridized carbons (Fsp3) is 0.133. The van der Waals surface area contributed by atoms with E-state index in [1.54, 1.807) is 11.8 Å². The van der Waals surface area contributed by atoms with Crippen molar-refractivity contribution in [3.8, 4) is 0 Å². The lowest BCUT2D eigenvalue weighted by molar-refractivity contribution is -0.113. The first-order valence-corrected chi connectivity index (χ1v) is 8.11. The summed E-state index contributed by atoms with van der Waals surface area (Å²) < 4.78 is 0. The van der Waals surface area contributed by atoms with Crippen molar-refractivity contribution in [3.63, 3.8) is 0 Å². The van der Waals surface area contributed by atoms with E-state index in [0.717, 1.165) is 21.8 Å². The second kappa shape index (κ2) is 6.18. The van der Waals surface area contributed by atoms with Crippen LogP contribution in [-0.4, -0.2) is 11.7 Å². The molecule has 3 nitrogen and oxygen atoms in total. The summed E-state index contributed by atoms with van der Waals surface area (Å²) in [5.41, 5.74) is 2.61. The minimum atomic E-state index is 0.0267. The average Bonchev–Trinajstić information content (AvgIpc) is 2.46. The molecule has 0 spiro atoms. The zero-order valence-electron chi connectivity index (χ0n) is 11.0. The van der Waals surface area contributed by atoms with Gasteiger partial charge in [-0.2, -0.15) is 0 Å². The summed E-state index contributed by atoms with van der Waals surface area (Å²) >= 11 is 13.8. The Morgan fingerprint density at radius 2 is 1.95 bits per heavy atom. The molecule has 0 aliphatic carbocycles. The third-order valence-electron chi connectivity index (χ3n) is 3.14. The fourth-order valence-electron chi connectivity index (χ4n) is 2.08. The van der Waals surface area contributed by atoms with Crippen molar-refractivity contribution in [2.75, 3.05) is 16.4 Å². The summed E-state index contributed by atoms with van der Waals surface area (Å²) in [7, 11) is 0. The first-order chi connectivity index (χ1) is 10.1. The Balaban J connectivity index is 1.77. The lowest BCUT2D eigenvalue weighted by Gasteiger charge is -2.18. The van der Waals surface area contributed by atoms with Crippen molar-refractivity contribution in [2.45, 2.75) is 11.4 Å². The van der Waals surface area contributed by atoms with E-state index >= 15 is 0 Å². The molecule has 6 heteroatoms. The molecule has 21 heavy (non-hydrogen) atoms. The molecule has 2 aromatic carbocycles. The van der Waals surface area contributed by atoms with Crippen LogP contribution in [0, 0.1) is 0 Å². The number of thioether (sulfide) groups is 1. The van der Waals surface area contributed by atoms with E-state index in [1.807, 2.05) is 36.4 Å². The lowest BCUT2D eigenvalue weighted by Crippen LogP contribution is -2.18. The van der Waals surface area contributed by atoms with E-state index in [-0.39, 0.29) is 5.91 Å². The smallest absolute Gasteiger partial charge is 0.234 e. The van der Waals surface area contributed by atoms with Crippen LogP contribution in [0.1, 0.15) is 5.56 Å². The molecule has 2 N–H and O–H groups in total. The highest BCUT2D eigenvalue weighted by atomic mass is 35.5. The molecular formula is C15H12Cl2N2OS. The molecule has 1 aliphatic heterocycles. The number of hydrogen-bond acceptors (Lipinski definition) is 3. The van der Waals surface area contributed by atoms with Crippen LogP contribution in [0.3, 0.4) is 0 Å². The molecular weight excluding hydrogens is 327 g/mol. The molecule has 1 heterocycles. The molecule has 0 saturated carbocycles. The van der Waals surface area contributed by atoms with Gasteiger partial charge in [-0.05, 0) is 30.3 Å². The van der Waals surface area contributed by atoms with Gasteiger partial charge < -0.3 is 10.6 Å². The zero-order chi connectivity index (χ0) is 14.8. The van der Waals surface area contributed by atoms with Gasteiger partial charge in [0.15, 0.2) is 0 Å². The number of halogens is 2. The van der Waals surface area contributed by atoms with E-state index in [1.165, 1.54) is 0 Å². The number of amides is 1. The minimum absolute atomic E-state index is 0.0267. The molecule has 108 valence electrons. The molecule has 1 aliphatic rings. The molecule has 3 rings (SSSR count). The summed E-state index contributed by atoms with van der Waals surface area (Å²) in [6.45, 7) is 0.526. The molecule has 0 radical (unpaired) electrons. The van der Waals surface area contributed by atoms with Gasteiger partial charge in [0, 0.05) is 32.7 Å². The Morgan fingerprint density at radius 1 is 1.19 bits per heavy atom. The maximum absolute atomic E-state index is 11.4. The molecule has 0 unspecified atom stereocenters. The van der Waals surface area contributed by atoms with E-state index in [0.29, 0.717) is 22.3 Å². The van der Waals surface area contributed by atoms with E-state index in [9.17, 15) is 4.79 Å². The topological polar surface area (TPSA) is 41.1 Å². The van der Waals surface area contributed by atoms with Crippen LogP contribution >= 0.6 is 35.0 Å². The number of carbonyl (C=O) groups excluding carboxylic acids is 1. The monoisotopic (exact) mass is 338 g/mol. The SMILES string of the molecule is O=C1CSc2ccc(NCc3c(Cl)cccc3Cl)cc2N1. The number of anilines is 2. The third kappa shape index (κ3) is 3.28. The Hall–Kier alpha value is -1.36. The number of rotatable bonds is 3.